The summed E-state index contributed by atoms with van der Waals surface area (Å²) in [6, 6.07) is 12.5. The molecule has 0 aliphatic carbocycles. The lowest BCUT2D eigenvalue weighted by Crippen LogP contribution is -2.31. The molecule has 126 valence electrons. The molecule has 2 aromatic carbocycles. The van der Waals surface area contributed by atoms with Crippen molar-refractivity contribution >= 4 is 16.8 Å². The molecular formula is C18H15N3O4. The average Bonchev–Trinajstić information content (AvgIpc) is 3.10. The zero-order valence-electron chi connectivity index (χ0n) is 13.5. The fourth-order valence-electron chi connectivity index (χ4n) is 2.79. The third-order valence-corrected chi connectivity index (χ3v) is 4.07. The normalized spacial score (nSPS) is 12.4. The third-order valence-electron chi connectivity index (χ3n) is 4.07. The Morgan fingerprint density at radius 2 is 2.00 bits per heavy atom. The number of carbonyl (C=O) groups is 1. The summed E-state index contributed by atoms with van der Waals surface area (Å²) in [5, 5.41) is 7.31. The molecule has 1 aliphatic heterocycles. The number of hydrogen-bond donors (Lipinski definition) is 1. The molecule has 0 bridgehead atoms. The van der Waals surface area contributed by atoms with E-state index in [1.54, 1.807) is 37.4 Å². The molecule has 3 aromatic rings. The third kappa shape index (κ3) is 2.69. The van der Waals surface area contributed by atoms with Crippen molar-refractivity contribution in [2.24, 2.45) is 7.05 Å². The van der Waals surface area contributed by atoms with Crippen LogP contribution in [0.25, 0.3) is 10.9 Å². The second-order valence-electron chi connectivity index (χ2n) is 5.69. The van der Waals surface area contributed by atoms with Crippen LogP contribution in [0, 0.1) is 0 Å². The number of aryl methyl sites for hydroxylation is 1. The lowest BCUT2D eigenvalue weighted by atomic mass is 10.2. The van der Waals surface area contributed by atoms with E-state index in [9.17, 15) is 9.59 Å². The highest BCUT2D eigenvalue weighted by Crippen LogP contribution is 2.32. The molecule has 1 N–H and O–H groups in total. The molecule has 2 heterocycles. The number of hydrogen-bond acceptors (Lipinski definition) is 5. The molecule has 7 heteroatoms. The highest BCUT2D eigenvalue weighted by Gasteiger charge is 2.17. The van der Waals surface area contributed by atoms with Crippen LogP contribution in [0.3, 0.4) is 0 Å². The second kappa shape index (κ2) is 5.94. The Balaban J connectivity index is 1.58. The average molecular weight is 337 g/mol. The summed E-state index contributed by atoms with van der Waals surface area (Å²) in [7, 11) is 1.70. The molecule has 0 unspecified atom stereocenters. The molecule has 25 heavy (non-hydrogen) atoms. The Bertz CT molecular complexity index is 1040. The van der Waals surface area contributed by atoms with Crippen LogP contribution in [0.2, 0.25) is 0 Å². The van der Waals surface area contributed by atoms with Gasteiger partial charge in [-0.2, -0.15) is 5.10 Å². The number of aromatic nitrogens is 2. The number of fused-ring (bicyclic) bond motifs is 2. The molecule has 1 amide bonds. The fourth-order valence-corrected chi connectivity index (χ4v) is 2.79. The zero-order valence-corrected chi connectivity index (χ0v) is 13.5. The summed E-state index contributed by atoms with van der Waals surface area (Å²) < 4.78 is 12.1. The summed E-state index contributed by atoms with van der Waals surface area (Å²) in [6.45, 7) is 0.454. The van der Waals surface area contributed by atoms with Gasteiger partial charge in [0.15, 0.2) is 17.2 Å². The zero-order chi connectivity index (χ0) is 17.4. The lowest BCUT2D eigenvalue weighted by molar-refractivity contribution is 0.0943. The van der Waals surface area contributed by atoms with Crippen LogP contribution < -0.4 is 20.2 Å². The first-order valence-electron chi connectivity index (χ1n) is 7.76. The van der Waals surface area contributed by atoms with Crippen molar-refractivity contribution in [3.8, 4) is 11.5 Å². The Hall–Kier alpha value is -3.35. The molecule has 0 spiro atoms. The van der Waals surface area contributed by atoms with Crippen LogP contribution in [-0.2, 0) is 13.6 Å². The first-order valence-corrected chi connectivity index (χ1v) is 7.76. The molecule has 0 saturated carbocycles. The van der Waals surface area contributed by atoms with Gasteiger partial charge in [-0.15, -0.1) is 0 Å². The molecule has 0 atom stereocenters. The van der Waals surface area contributed by atoms with Crippen molar-refractivity contribution in [3.05, 3.63) is 63.9 Å². The van der Waals surface area contributed by atoms with Crippen molar-refractivity contribution < 1.29 is 14.3 Å². The number of ether oxygens (including phenoxy) is 2. The molecule has 0 radical (unpaired) electrons. The number of benzene rings is 2. The van der Waals surface area contributed by atoms with Crippen LogP contribution in [0.15, 0.2) is 47.3 Å². The van der Waals surface area contributed by atoms with Crippen LogP contribution in [-0.4, -0.2) is 22.5 Å². The number of amides is 1. The highest BCUT2D eigenvalue weighted by molar-refractivity contribution is 5.95. The summed E-state index contributed by atoms with van der Waals surface area (Å²) in [5.41, 5.74) is 1.02. The topological polar surface area (TPSA) is 82.5 Å². The Morgan fingerprint density at radius 1 is 1.20 bits per heavy atom. The SMILES string of the molecule is Cn1nc(C(=O)NCc2ccc3c(c2)OCO3)c(=O)c2ccccc21. The van der Waals surface area contributed by atoms with Gasteiger partial charge in [0, 0.05) is 19.0 Å². The lowest BCUT2D eigenvalue weighted by Gasteiger charge is -2.09. The molecule has 4 rings (SSSR count). The van der Waals surface area contributed by atoms with Gasteiger partial charge in [-0.3, -0.25) is 14.3 Å². The number of para-hydroxylation sites is 1. The van der Waals surface area contributed by atoms with E-state index in [4.69, 9.17) is 9.47 Å². The first-order chi connectivity index (χ1) is 12.1. The Kier molecular flexibility index (Phi) is 3.61. The van der Waals surface area contributed by atoms with E-state index in [0.29, 0.717) is 22.4 Å². The molecular weight excluding hydrogens is 322 g/mol. The van der Waals surface area contributed by atoms with Gasteiger partial charge >= 0.3 is 0 Å². The van der Waals surface area contributed by atoms with Crippen molar-refractivity contribution in [3.63, 3.8) is 0 Å². The summed E-state index contributed by atoms with van der Waals surface area (Å²) in [5.74, 6) is 0.815. The van der Waals surface area contributed by atoms with E-state index >= 15 is 0 Å². The minimum Gasteiger partial charge on any atom is -0.454 e. The quantitative estimate of drug-likeness (QED) is 0.785. The van der Waals surface area contributed by atoms with E-state index in [1.165, 1.54) is 4.68 Å². The van der Waals surface area contributed by atoms with Gasteiger partial charge in [-0.25, -0.2) is 0 Å². The molecule has 7 nitrogen and oxygen atoms in total. The molecule has 0 saturated heterocycles. The van der Waals surface area contributed by atoms with Crippen LogP contribution in [0.5, 0.6) is 11.5 Å². The van der Waals surface area contributed by atoms with Crippen molar-refractivity contribution in [2.75, 3.05) is 6.79 Å². The smallest absolute Gasteiger partial charge is 0.276 e. The van der Waals surface area contributed by atoms with Gasteiger partial charge in [0.1, 0.15) is 0 Å². The number of rotatable bonds is 3. The van der Waals surface area contributed by atoms with E-state index in [-0.39, 0.29) is 24.5 Å². The van der Waals surface area contributed by atoms with Crippen molar-refractivity contribution in [2.45, 2.75) is 6.54 Å². The number of nitrogens with one attached hydrogen (secondary N) is 1. The second-order valence-corrected chi connectivity index (χ2v) is 5.69. The summed E-state index contributed by atoms with van der Waals surface area (Å²) in [4.78, 5) is 24.9. The number of carbonyl (C=O) groups excluding carboxylic acids is 1. The Morgan fingerprint density at radius 3 is 2.88 bits per heavy atom. The van der Waals surface area contributed by atoms with E-state index in [0.717, 1.165) is 5.56 Å². The Labute approximate surface area is 142 Å². The van der Waals surface area contributed by atoms with Gasteiger partial charge in [-0.1, -0.05) is 18.2 Å². The summed E-state index contributed by atoms with van der Waals surface area (Å²) >= 11 is 0. The van der Waals surface area contributed by atoms with E-state index in [2.05, 4.69) is 10.4 Å². The van der Waals surface area contributed by atoms with Crippen LogP contribution in [0.4, 0.5) is 0 Å². The first kappa shape index (κ1) is 15.2. The van der Waals surface area contributed by atoms with Gasteiger partial charge in [0.2, 0.25) is 12.2 Å². The minimum atomic E-state index is -0.510. The highest BCUT2D eigenvalue weighted by atomic mass is 16.7. The predicted molar refractivity (Wildman–Crippen MR) is 90.7 cm³/mol. The van der Waals surface area contributed by atoms with Gasteiger partial charge in [-0.05, 0) is 29.8 Å². The van der Waals surface area contributed by atoms with Crippen molar-refractivity contribution in [1.82, 2.24) is 15.1 Å². The van der Waals surface area contributed by atoms with Gasteiger partial charge in [0.25, 0.3) is 5.91 Å². The van der Waals surface area contributed by atoms with Crippen molar-refractivity contribution in [1.29, 1.82) is 0 Å². The maximum absolute atomic E-state index is 12.5. The molecule has 0 fully saturated rings. The predicted octanol–water partition coefficient (Wildman–Crippen LogP) is 1.59. The molecule has 1 aliphatic rings. The largest absolute Gasteiger partial charge is 0.454 e. The standard InChI is InChI=1S/C18H15N3O4/c1-21-13-5-3-2-4-12(13)17(22)16(20-21)18(23)19-9-11-6-7-14-15(8-11)25-10-24-14/h2-8H,9-10H2,1H3,(H,19,23). The van der Waals surface area contributed by atoms with E-state index in [1.807, 2.05) is 12.1 Å². The maximum atomic E-state index is 12.5. The molecule has 1 aromatic heterocycles. The summed E-state index contributed by atoms with van der Waals surface area (Å²) in [6.07, 6.45) is 0. The van der Waals surface area contributed by atoms with E-state index < -0.39 is 5.91 Å². The monoisotopic (exact) mass is 337 g/mol. The maximum Gasteiger partial charge on any atom is 0.276 e. The minimum absolute atomic E-state index is 0.123. The van der Waals surface area contributed by atoms with Crippen LogP contribution in [0.1, 0.15) is 16.1 Å². The van der Waals surface area contributed by atoms with Gasteiger partial charge < -0.3 is 14.8 Å². The van der Waals surface area contributed by atoms with Gasteiger partial charge in [0.05, 0.1) is 5.52 Å². The number of nitrogens with zero attached hydrogens (tertiary/aromatic N) is 2. The van der Waals surface area contributed by atoms with Crippen LogP contribution >= 0.6 is 0 Å². The fraction of sp³-hybridized carbons (Fsp3) is 0.167.